The number of pyridine rings is 1. The van der Waals surface area contributed by atoms with E-state index in [-0.39, 0.29) is 6.04 Å². The standard InChI is InChI=1S/C18H24ClN3/c1-4-22(3)13-16-7-5-6-15(10-16)11-21-14(2)17-8-9-20-12-18(17)19/h5-10,12,14,21H,4,11,13H2,1-3H3. The Morgan fingerprint density at radius 3 is 2.77 bits per heavy atom. The molecule has 1 atom stereocenters. The molecule has 2 aromatic rings. The largest absolute Gasteiger partial charge is 0.306 e. The molecule has 1 unspecified atom stereocenters. The van der Waals surface area contributed by atoms with E-state index < -0.39 is 0 Å². The Morgan fingerprint density at radius 1 is 1.27 bits per heavy atom. The topological polar surface area (TPSA) is 28.2 Å². The zero-order chi connectivity index (χ0) is 15.9. The molecule has 0 bridgehead atoms. The van der Waals surface area contributed by atoms with Crippen LogP contribution in [0.3, 0.4) is 0 Å². The first-order valence-electron chi connectivity index (χ1n) is 7.69. The van der Waals surface area contributed by atoms with Gasteiger partial charge in [0.2, 0.25) is 0 Å². The molecule has 0 amide bonds. The Morgan fingerprint density at radius 2 is 2.05 bits per heavy atom. The number of aromatic nitrogens is 1. The quantitative estimate of drug-likeness (QED) is 0.835. The molecule has 0 aliphatic heterocycles. The monoisotopic (exact) mass is 317 g/mol. The van der Waals surface area contributed by atoms with Crippen molar-refractivity contribution < 1.29 is 0 Å². The molecule has 0 aliphatic carbocycles. The van der Waals surface area contributed by atoms with Gasteiger partial charge < -0.3 is 10.2 Å². The number of halogens is 1. The number of benzene rings is 1. The van der Waals surface area contributed by atoms with E-state index in [1.54, 1.807) is 12.4 Å². The van der Waals surface area contributed by atoms with Crippen molar-refractivity contribution in [1.29, 1.82) is 0 Å². The van der Waals surface area contributed by atoms with E-state index in [1.807, 2.05) is 6.07 Å². The lowest BCUT2D eigenvalue weighted by molar-refractivity contribution is 0.345. The lowest BCUT2D eigenvalue weighted by Gasteiger charge is -2.17. The van der Waals surface area contributed by atoms with Crippen molar-refractivity contribution in [2.45, 2.75) is 33.0 Å². The molecule has 0 saturated heterocycles. The molecule has 2 rings (SSSR count). The molecule has 1 N–H and O–H groups in total. The third kappa shape index (κ3) is 4.80. The first kappa shape index (κ1) is 16.9. The van der Waals surface area contributed by atoms with Crippen molar-refractivity contribution in [1.82, 2.24) is 15.2 Å². The molecule has 0 radical (unpaired) electrons. The maximum atomic E-state index is 6.19. The minimum absolute atomic E-state index is 0.192. The summed E-state index contributed by atoms with van der Waals surface area (Å²) < 4.78 is 0. The van der Waals surface area contributed by atoms with Gasteiger partial charge in [-0.2, -0.15) is 0 Å². The van der Waals surface area contributed by atoms with Gasteiger partial charge in [0.05, 0.1) is 5.02 Å². The van der Waals surface area contributed by atoms with Crippen LogP contribution in [0, 0.1) is 0 Å². The summed E-state index contributed by atoms with van der Waals surface area (Å²) in [6, 6.07) is 10.9. The van der Waals surface area contributed by atoms with Gasteiger partial charge in [0.25, 0.3) is 0 Å². The third-order valence-corrected chi connectivity index (χ3v) is 4.18. The first-order valence-corrected chi connectivity index (χ1v) is 8.07. The molecule has 22 heavy (non-hydrogen) atoms. The molecule has 1 aromatic carbocycles. The lowest BCUT2D eigenvalue weighted by atomic mass is 10.1. The summed E-state index contributed by atoms with van der Waals surface area (Å²) in [6.45, 7) is 7.15. The van der Waals surface area contributed by atoms with Gasteiger partial charge in [-0.15, -0.1) is 0 Å². The Bertz CT molecular complexity index is 600. The van der Waals surface area contributed by atoms with Crippen LogP contribution in [0.25, 0.3) is 0 Å². The third-order valence-electron chi connectivity index (χ3n) is 3.87. The second-order valence-electron chi connectivity index (χ2n) is 5.65. The number of rotatable bonds is 7. The van der Waals surface area contributed by atoms with Crippen molar-refractivity contribution in [2.24, 2.45) is 0 Å². The zero-order valence-electron chi connectivity index (χ0n) is 13.5. The van der Waals surface area contributed by atoms with Crippen LogP contribution in [0.1, 0.15) is 36.6 Å². The summed E-state index contributed by atoms with van der Waals surface area (Å²) in [4.78, 5) is 6.33. The molecular formula is C18H24ClN3. The number of nitrogens with one attached hydrogen (secondary N) is 1. The lowest BCUT2D eigenvalue weighted by Crippen LogP contribution is -2.19. The molecule has 0 spiro atoms. The minimum Gasteiger partial charge on any atom is -0.306 e. The molecule has 0 saturated carbocycles. The smallest absolute Gasteiger partial charge is 0.0636 e. The van der Waals surface area contributed by atoms with E-state index in [9.17, 15) is 0 Å². The SMILES string of the molecule is CCN(C)Cc1cccc(CNC(C)c2ccncc2Cl)c1. The van der Waals surface area contributed by atoms with Crippen LogP contribution in [0.15, 0.2) is 42.7 Å². The van der Waals surface area contributed by atoms with Crippen LogP contribution in [-0.2, 0) is 13.1 Å². The van der Waals surface area contributed by atoms with Gasteiger partial charge in [-0.1, -0.05) is 42.8 Å². The van der Waals surface area contributed by atoms with Gasteiger partial charge in [-0.25, -0.2) is 0 Å². The Labute approximate surface area is 138 Å². The molecular weight excluding hydrogens is 294 g/mol. The van der Waals surface area contributed by atoms with Gasteiger partial charge in [-0.3, -0.25) is 4.98 Å². The van der Waals surface area contributed by atoms with Crippen LogP contribution in [0.2, 0.25) is 5.02 Å². The van der Waals surface area contributed by atoms with E-state index in [0.29, 0.717) is 5.02 Å². The van der Waals surface area contributed by atoms with Crippen molar-refractivity contribution in [2.75, 3.05) is 13.6 Å². The molecule has 1 heterocycles. The maximum Gasteiger partial charge on any atom is 0.0636 e. The molecule has 0 aliphatic rings. The fourth-order valence-corrected chi connectivity index (χ4v) is 2.66. The van der Waals surface area contributed by atoms with Gasteiger partial charge >= 0.3 is 0 Å². The highest BCUT2D eigenvalue weighted by Gasteiger charge is 2.09. The van der Waals surface area contributed by atoms with E-state index in [4.69, 9.17) is 11.6 Å². The number of nitrogens with zero attached hydrogens (tertiary/aromatic N) is 2. The minimum atomic E-state index is 0.192. The molecule has 1 aromatic heterocycles. The highest BCUT2D eigenvalue weighted by molar-refractivity contribution is 6.31. The number of hydrogen-bond acceptors (Lipinski definition) is 3. The zero-order valence-corrected chi connectivity index (χ0v) is 14.3. The van der Waals surface area contributed by atoms with Crippen molar-refractivity contribution in [3.8, 4) is 0 Å². The summed E-state index contributed by atoms with van der Waals surface area (Å²) in [5, 5.41) is 4.23. The van der Waals surface area contributed by atoms with Crippen LogP contribution in [0.4, 0.5) is 0 Å². The van der Waals surface area contributed by atoms with E-state index in [0.717, 1.165) is 25.2 Å². The Kier molecular flexibility index (Phi) is 6.37. The highest BCUT2D eigenvalue weighted by Crippen LogP contribution is 2.21. The van der Waals surface area contributed by atoms with Crippen LogP contribution >= 0.6 is 11.6 Å². The fraction of sp³-hybridized carbons (Fsp3) is 0.389. The highest BCUT2D eigenvalue weighted by atomic mass is 35.5. The maximum absolute atomic E-state index is 6.19. The van der Waals surface area contributed by atoms with E-state index in [2.05, 4.69) is 60.4 Å². The average molecular weight is 318 g/mol. The second kappa shape index (κ2) is 8.28. The summed E-state index contributed by atoms with van der Waals surface area (Å²) in [5.41, 5.74) is 3.72. The van der Waals surface area contributed by atoms with Gasteiger partial charge in [0.1, 0.15) is 0 Å². The Hall–Kier alpha value is -1.42. The summed E-state index contributed by atoms with van der Waals surface area (Å²) in [7, 11) is 2.14. The Balaban J connectivity index is 1.97. The normalized spacial score (nSPS) is 12.6. The first-order chi connectivity index (χ1) is 10.6. The second-order valence-corrected chi connectivity index (χ2v) is 6.06. The average Bonchev–Trinajstić information content (AvgIpc) is 2.53. The van der Waals surface area contributed by atoms with Crippen LogP contribution < -0.4 is 5.32 Å². The van der Waals surface area contributed by atoms with E-state index in [1.165, 1.54) is 11.1 Å². The fourth-order valence-electron chi connectivity index (χ4n) is 2.38. The number of hydrogen-bond donors (Lipinski definition) is 1. The predicted molar refractivity (Wildman–Crippen MR) is 93.0 cm³/mol. The van der Waals surface area contributed by atoms with Gasteiger partial charge in [-0.05, 0) is 43.3 Å². The van der Waals surface area contributed by atoms with Crippen molar-refractivity contribution >= 4 is 11.6 Å². The van der Waals surface area contributed by atoms with Gasteiger partial charge in [0.15, 0.2) is 0 Å². The van der Waals surface area contributed by atoms with Crippen LogP contribution in [-0.4, -0.2) is 23.5 Å². The van der Waals surface area contributed by atoms with Crippen molar-refractivity contribution in [3.63, 3.8) is 0 Å². The van der Waals surface area contributed by atoms with Crippen molar-refractivity contribution in [3.05, 3.63) is 64.4 Å². The summed E-state index contributed by atoms with van der Waals surface area (Å²) in [5.74, 6) is 0. The summed E-state index contributed by atoms with van der Waals surface area (Å²) in [6.07, 6.45) is 3.47. The van der Waals surface area contributed by atoms with Gasteiger partial charge in [0, 0.05) is 31.5 Å². The predicted octanol–water partition coefficient (Wildman–Crippen LogP) is 4.04. The molecule has 3 nitrogen and oxygen atoms in total. The van der Waals surface area contributed by atoms with E-state index >= 15 is 0 Å². The molecule has 4 heteroatoms. The van der Waals surface area contributed by atoms with Crippen LogP contribution in [0.5, 0.6) is 0 Å². The molecule has 118 valence electrons. The molecule has 0 fully saturated rings. The summed E-state index contributed by atoms with van der Waals surface area (Å²) >= 11 is 6.19.